The van der Waals surface area contributed by atoms with Crippen LogP contribution in [0.3, 0.4) is 0 Å². The van der Waals surface area contributed by atoms with Crippen LogP contribution in [0, 0.1) is 0 Å². The van der Waals surface area contributed by atoms with Crippen molar-refractivity contribution in [3.8, 4) is 17.2 Å². The molecule has 22 heavy (non-hydrogen) atoms. The summed E-state index contributed by atoms with van der Waals surface area (Å²) in [5, 5.41) is 8.88. The van der Waals surface area contributed by atoms with Crippen LogP contribution >= 0.6 is 0 Å². The van der Waals surface area contributed by atoms with Crippen LogP contribution in [0.1, 0.15) is 36.4 Å². The van der Waals surface area contributed by atoms with Gasteiger partial charge in [0, 0.05) is 21.9 Å². The van der Waals surface area contributed by atoms with E-state index in [0.29, 0.717) is 22.8 Å². The molecule has 1 aromatic carbocycles. The number of carbonyl (C=O) groups is 1. The fourth-order valence-electron chi connectivity index (χ4n) is 2.29. The molecule has 0 amide bonds. The number of carboxylic acids is 1. The lowest BCUT2D eigenvalue weighted by Gasteiger charge is -2.22. The Hall–Kier alpha value is -1.95. The number of aliphatic carboxylic acids is 1. The molecule has 1 unspecified atom stereocenters. The summed E-state index contributed by atoms with van der Waals surface area (Å²) in [6.07, 6.45) is 4.46. The Kier molecular flexibility index (Phi) is 6.98. The molecule has 0 heterocycles. The highest BCUT2D eigenvalue weighted by Crippen LogP contribution is 2.45. The zero-order chi connectivity index (χ0) is 16.7. The molecule has 119 valence electrons. The number of rotatable bonds is 8. The quantitative estimate of drug-likeness (QED) is 0.589. The summed E-state index contributed by atoms with van der Waals surface area (Å²) >= 11 is 0. The first kappa shape index (κ1) is 18.1. The summed E-state index contributed by atoms with van der Waals surface area (Å²) in [7, 11) is 8.33. The van der Waals surface area contributed by atoms with Crippen LogP contribution in [-0.2, 0) is 4.79 Å². The average molecular weight is 321 g/mol. The number of ether oxygens (including phenoxy) is 3. The van der Waals surface area contributed by atoms with Crippen molar-refractivity contribution in [2.75, 3.05) is 21.3 Å². The summed E-state index contributed by atoms with van der Waals surface area (Å²) < 4.78 is 16.2. The van der Waals surface area contributed by atoms with Gasteiger partial charge in [0.2, 0.25) is 5.75 Å². The SMILES string of the molecule is CCCC([Si])c1c(C=CC(=O)O)cc(OC)c(OC)c1OC. The van der Waals surface area contributed by atoms with Gasteiger partial charge in [0.15, 0.2) is 11.5 Å². The molecule has 0 aliphatic rings. The molecule has 0 aromatic heterocycles. The first-order valence-electron chi connectivity index (χ1n) is 6.95. The van der Waals surface area contributed by atoms with E-state index in [1.807, 2.05) is 0 Å². The maximum Gasteiger partial charge on any atom is 0.328 e. The minimum atomic E-state index is -1.01. The van der Waals surface area contributed by atoms with Crippen LogP contribution < -0.4 is 14.2 Å². The van der Waals surface area contributed by atoms with Crippen LogP contribution in [-0.4, -0.2) is 42.6 Å². The molecule has 1 atom stereocenters. The van der Waals surface area contributed by atoms with E-state index in [0.717, 1.165) is 24.5 Å². The Morgan fingerprint density at radius 3 is 2.36 bits per heavy atom. The van der Waals surface area contributed by atoms with Crippen LogP contribution in [0.5, 0.6) is 17.2 Å². The molecule has 0 bridgehead atoms. The van der Waals surface area contributed by atoms with Gasteiger partial charge in [0.05, 0.1) is 21.3 Å². The van der Waals surface area contributed by atoms with Gasteiger partial charge < -0.3 is 19.3 Å². The van der Waals surface area contributed by atoms with Crippen molar-refractivity contribution >= 4 is 22.3 Å². The Labute approximate surface area is 134 Å². The minimum Gasteiger partial charge on any atom is -0.493 e. The van der Waals surface area contributed by atoms with Crippen molar-refractivity contribution in [2.45, 2.75) is 25.3 Å². The first-order valence-corrected chi connectivity index (χ1v) is 7.52. The average Bonchev–Trinajstić information content (AvgIpc) is 2.50. The fourth-order valence-corrected chi connectivity index (χ4v) is 2.88. The van der Waals surface area contributed by atoms with E-state index in [9.17, 15) is 4.79 Å². The Morgan fingerprint density at radius 1 is 1.27 bits per heavy atom. The van der Waals surface area contributed by atoms with Gasteiger partial charge in [-0.3, -0.25) is 0 Å². The fraction of sp³-hybridized carbons (Fsp3) is 0.438. The number of methoxy groups -OCH3 is 3. The van der Waals surface area contributed by atoms with Crippen molar-refractivity contribution < 1.29 is 24.1 Å². The van der Waals surface area contributed by atoms with Gasteiger partial charge in [0.25, 0.3) is 0 Å². The normalized spacial score (nSPS) is 12.2. The zero-order valence-electron chi connectivity index (χ0n) is 13.3. The molecule has 3 radical (unpaired) electrons. The van der Waals surface area contributed by atoms with E-state index in [2.05, 4.69) is 17.2 Å². The zero-order valence-corrected chi connectivity index (χ0v) is 14.3. The van der Waals surface area contributed by atoms with E-state index in [1.165, 1.54) is 13.2 Å². The van der Waals surface area contributed by atoms with E-state index < -0.39 is 5.97 Å². The lowest BCUT2D eigenvalue weighted by molar-refractivity contribution is -0.131. The second kappa shape index (κ2) is 8.48. The molecule has 0 aliphatic carbocycles. The third-order valence-electron chi connectivity index (χ3n) is 3.23. The summed E-state index contributed by atoms with van der Waals surface area (Å²) in [5.74, 6) is 0.511. The second-order valence-electron chi connectivity index (χ2n) is 4.66. The predicted molar refractivity (Wildman–Crippen MR) is 86.2 cm³/mol. The van der Waals surface area contributed by atoms with E-state index in [-0.39, 0.29) is 5.54 Å². The first-order chi connectivity index (χ1) is 10.5. The van der Waals surface area contributed by atoms with Crippen molar-refractivity contribution in [1.82, 2.24) is 0 Å². The Morgan fingerprint density at radius 2 is 1.91 bits per heavy atom. The molecular formula is C16H21O5Si. The van der Waals surface area contributed by atoms with Gasteiger partial charge in [0.1, 0.15) is 0 Å². The highest BCUT2D eigenvalue weighted by Gasteiger charge is 2.23. The number of hydrogen-bond donors (Lipinski definition) is 1. The Balaban J connectivity index is 3.60. The van der Waals surface area contributed by atoms with Gasteiger partial charge in [-0.25, -0.2) is 4.79 Å². The number of carboxylic acid groups (broad SMARTS) is 1. The standard InChI is InChI=1S/C16H21O5Si/c1-5-6-12(22)14-10(7-8-13(17)18)9-11(19-2)15(20-3)16(14)21-4/h7-9,12H,5-6H2,1-4H3,(H,17,18). The van der Waals surface area contributed by atoms with Crippen LogP contribution in [0.2, 0.25) is 0 Å². The van der Waals surface area contributed by atoms with Gasteiger partial charge in [-0.05, 0) is 29.7 Å². The van der Waals surface area contributed by atoms with Gasteiger partial charge in [-0.1, -0.05) is 13.3 Å². The molecule has 6 heteroatoms. The lowest BCUT2D eigenvalue weighted by atomic mass is 9.98. The van der Waals surface area contributed by atoms with Crippen LogP contribution in [0.15, 0.2) is 12.1 Å². The maximum atomic E-state index is 10.8. The lowest BCUT2D eigenvalue weighted by Crippen LogP contribution is -2.07. The molecule has 0 spiro atoms. The molecule has 0 saturated heterocycles. The smallest absolute Gasteiger partial charge is 0.328 e. The molecule has 5 nitrogen and oxygen atoms in total. The minimum absolute atomic E-state index is 0.00759. The van der Waals surface area contributed by atoms with E-state index >= 15 is 0 Å². The van der Waals surface area contributed by atoms with Gasteiger partial charge >= 0.3 is 5.97 Å². The van der Waals surface area contributed by atoms with Crippen molar-refractivity contribution in [3.63, 3.8) is 0 Å². The van der Waals surface area contributed by atoms with Gasteiger partial charge in [-0.15, -0.1) is 0 Å². The third kappa shape index (κ3) is 4.04. The maximum absolute atomic E-state index is 10.8. The van der Waals surface area contributed by atoms with Crippen molar-refractivity contribution in [2.24, 2.45) is 0 Å². The summed E-state index contributed by atoms with van der Waals surface area (Å²) in [4.78, 5) is 10.8. The van der Waals surface area contributed by atoms with E-state index in [1.54, 1.807) is 20.3 Å². The summed E-state index contributed by atoms with van der Waals surface area (Å²) in [6, 6.07) is 1.75. The number of benzene rings is 1. The third-order valence-corrected chi connectivity index (χ3v) is 3.81. The largest absolute Gasteiger partial charge is 0.493 e. The van der Waals surface area contributed by atoms with Crippen molar-refractivity contribution in [1.29, 1.82) is 0 Å². The predicted octanol–water partition coefficient (Wildman–Crippen LogP) is 2.82. The van der Waals surface area contributed by atoms with E-state index in [4.69, 9.17) is 19.3 Å². The molecule has 0 fully saturated rings. The number of hydrogen-bond acceptors (Lipinski definition) is 4. The van der Waals surface area contributed by atoms with Crippen molar-refractivity contribution in [3.05, 3.63) is 23.3 Å². The topological polar surface area (TPSA) is 65.0 Å². The summed E-state index contributed by atoms with van der Waals surface area (Å²) in [5.41, 5.74) is 1.56. The molecule has 1 aromatic rings. The van der Waals surface area contributed by atoms with Gasteiger partial charge in [-0.2, -0.15) is 0 Å². The van der Waals surface area contributed by atoms with Crippen LogP contribution in [0.4, 0.5) is 0 Å². The highest BCUT2D eigenvalue weighted by atomic mass is 28.1. The molecular weight excluding hydrogens is 300 g/mol. The molecule has 1 rings (SSSR count). The monoisotopic (exact) mass is 321 g/mol. The molecule has 0 saturated carbocycles. The summed E-state index contributed by atoms with van der Waals surface area (Å²) in [6.45, 7) is 2.08. The highest BCUT2D eigenvalue weighted by molar-refractivity contribution is 6.13. The molecule has 0 aliphatic heterocycles. The Bertz CT molecular complexity index is 554. The second-order valence-corrected chi connectivity index (χ2v) is 5.36. The van der Waals surface area contributed by atoms with Crippen LogP contribution in [0.25, 0.3) is 6.08 Å². The molecule has 1 N–H and O–H groups in total.